The Hall–Kier alpha value is -0.410. The summed E-state index contributed by atoms with van der Waals surface area (Å²) >= 11 is 1.97. The van der Waals surface area contributed by atoms with Crippen molar-refractivity contribution < 1.29 is 0 Å². The second-order valence-electron chi connectivity index (χ2n) is 7.60. The Morgan fingerprint density at radius 3 is 2.48 bits per heavy atom. The van der Waals surface area contributed by atoms with Gasteiger partial charge in [-0.25, -0.2) is 4.98 Å². The molecule has 1 saturated carbocycles. The van der Waals surface area contributed by atoms with Crippen LogP contribution in [0.3, 0.4) is 0 Å². The van der Waals surface area contributed by atoms with Crippen LogP contribution < -0.4 is 5.32 Å². The van der Waals surface area contributed by atoms with E-state index in [4.69, 9.17) is 4.98 Å². The molecule has 3 heteroatoms. The summed E-state index contributed by atoms with van der Waals surface area (Å²) in [4.78, 5) is 6.55. The van der Waals surface area contributed by atoms with E-state index < -0.39 is 0 Å². The maximum absolute atomic E-state index is 5.09. The highest BCUT2D eigenvalue weighted by atomic mass is 32.1. The van der Waals surface area contributed by atoms with Gasteiger partial charge in [0.25, 0.3) is 0 Å². The van der Waals surface area contributed by atoms with Crippen molar-refractivity contribution >= 4 is 11.3 Å². The molecule has 1 aromatic heterocycles. The normalized spacial score (nSPS) is 18.9. The smallest absolute Gasteiger partial charge is 0.0962 e. The first kappa shape index (κ1) is 17.0. The molecule has 1 atom stereocenters. The standard InChI is InChI=1S/C18H32N2S/c1-6-13(2)19-12-15-16(18(3,4)5)20-17(21-15)14-10-8-7-9-11-14/h13-14,19H,6-12H2,1-5H3. The monoisotopic (exact) mass is 308 g/mol. The summed E-state index contributed by atoms with van der Waals surface area (Å²) in [5.41, 5.74) is 1.47. The highest BCUT2D eigenvalue weighted by Gasteiger charge is 2.26. The molecular formula is C18H32N2S. The lowest BCUT2D eigenvalue weighted by Crippen LogP contribution is -2.25. The molecule has 1 unspecified atom stereocenters. The van der Waals surface area contributed by atoms with Crippen molar-refractivity contribution in [2.45, 2.75) is 97.1 Å². The summed E-state index contributed by atoms with van der Waals surface area (Å²) in [6, 6.07) is 0.582. The Labute approximate surface area is 134 Å². The molecular weight excluding hydrogens is 276 g/mol. The predicted octanol–water partition coefficient (Wildman–Crippen LogP) is 5.38. The summed E-state index contributed by atoms with van der Waals surface area (Å²) in [6.07, 6.45) is 8.05. The molecule has 1 aromatic rings. The maximum Gasteiger partial charge on any atom is 0.0962 e. The maximum atomic E-state index is 5.09. The number of nitrogens with zero attached hydrogens (tertiary/aromatic N) is 1. The van der Waals surface area contributed by atoms with Crippen LogP contribution in [-0.2, 0) is 12.0 Å². The molecule has 2 rings (SSSR count). The van der Waals surface area contributed by atoms with Gasteiger partial charge in [-0.2, -0.15) is 0 Å². The fourth-order valence-electron chi connectivity index (χ4n) is 3.01. The number of nitrogens with one attached hydrogen (secondary N) is 1. The molecule has 0 aliphatic heterocycles. The molecule has 1 aliphatic rings. The van der Waals surface area contributed by atoms with E-state index in [1.165, 1.54) is 54.1 Å². The van der Waals surface area contributed by atoms with E-state index in [2.05, 4.69) is 39.9 Å². The molecule has 21 heavy (non-hydrogen) atoms. The Kier molecular flexibility index (Phi) is 5.84. The van der Waals surface area contributed by atoms with Gasteiger partial charge in [0.05, 0.1) is 10.7 Å². The van der Waals surface area contributed by atoms with Crippen LogP contribution in [0, 0.1) is 0 Å². The fourth-order valence-corrected chi connectivity index (χ4v) is 4.41. The van der Waals surface area contributed by atoms with E-state index in [-0.39, 0.29) is 5.41 Å². The SMILES string of the molecule is CCC(C)NCc1sc(C2CCCCC2)nc1C(C)(C)C. The van der Waals surface area contributed by atoms with Crippen LogP contribution in [0.4, 0.5) is 0 Å². The van der Waals surface area contributed by atoms with Gasteiger partial charge in [0.15, 0.2) is 0 Å². The third-order valence-corrected chi connectivity index (χ3v) is 5.82. The van der Waals surface area contributed by atoms with Crippen molar-refractivity contribution in [1.82, 2.24) is 10.3 Å². The molecule has 1 aliphatic carbocycles. The summed E-state index contributed by atoms with van der Waals surface area (Å²) in [5.74, 6) is 0.724. The zero-order valence-electron chi connectivity index (χ0n) is 14.5. The lowest BCUT2D eigenvalue weighted by Gasteiger charge is -2.20. The summed E-state index contributed by atoms with van der Waals surface area (Å²) in [7, 11) is 0. The van der Waals surface area contributed by atoms with Crippen molar-refractivity contribution in [3.8, 4) is 0 Å². The predicted molar refractivity (Wildman–Crippen MR) is 93.2 cm³/mol. The highest BCUT2D eigenvalue weighted by Crippen LogP contribution is 2.38. The van der Waals surface area contributed by atoms with Gasteiger partial charge in [-0.1, -0.05) is 47.0 Å². The highest BCUT2D eigenvalue weighted by molar-refractivity contribution is 7.11. The van der Waals surface area contributed by atoms with Crippen LogP contribution in [0.2, 0.25) is 0 Å². The first-order valence-corrected chi connectivity index (χ1v) is 9.47. The number of hydrogen-bond acceptors (Lipinski definition) is 3. The second kappa shape index (κ2) is 7.23. The molecule has 0 amide bonds. The zero-order valence-corrected chi connectivity index (χ0v) is 15.3. The first-order valence-electron chi connectivity index (χ1n) is 8.65. The van der Waals surface area contributed by atoms with Crippen molar-refractivity contribution in [3.63, 3.8) is 0 Å². The number of hydrogen-bond donors (Lipinski definition) is 1. The van der Waals surface area contributed by atoms with Crippen molar-refractivity contribution in [2.75, 3.05) is 0 Å². The average molecular weight is 309 g/mol. The molecule has 120 valence electrons. The Morgan fingerprint density at radius 1 is 1.24 bits per heavy atom. The van der Waals surface area contributed by atoms with Crippen LogP contribution in [0.5, 0.6) is 0 Å². The molecule has 1 heterocycles. The Bertz CT molecular complexity index is 439. The number of thiazole rings is 1. The summed E-state index contributed by atoms with van der Waals surface area (Å²) < 4.78 is 0. The Balaban J connectivity index is 2.18. The third kappa shape index (κ3) is 4.53. The lowest BCUT2D eigenvalue weighted by atomic mass is 9.89. The van der Waals surface area contributed by atoms with Crippen molar-refractivity contribution in [3.05, 3.63) is 15.6 Å². The van der Waals surface area contributed by atoms with Gasteiger partial charge in [-0.15, -0.1) is 11.3 Å². The Morgan fingerprint density at radius 2 is 1.90 bits per heavy atom. The first-order chi connectivity index (χ1) is 9.91. The van der Waals surface area contributed by atoms with Crippen molar-refractivity contribution in [1.29, 1.82) is 0 Å². The minimum Gasteiger partial charge on any atom is -0.309 e. The minimum atomic E-state index is 0.149. The molecule has 0 saturated heterocycles. The number of rotatable bonds is 5. The lowest BCUT2D eigenvalue weighted by molar-refractivity contribution is 0.440. The summed E-state index contributed by atoms with van der Waals surface area (Å²) in [6.45, 7) is 12.4. The van der Waals surface area contributed by atoms with E-state index >= 15 is 0 Å². The summed E-state index contributed by atoms with van der Waals surface area (Å²) in [5, 5.41) is 5.05. The van der Waals surface area contributed by atoms with Crippen LogP contribution in [0.1, 0.15) is 94.6 Å². The fraction of sp³-hybridized carbons (Fsp3) is 0.833. The molecule has 1 N–H and O–H groups in total. The molecule has 2 nitrogen and oxygen atoms in total. The second-order valence-corrected chi connectivity index (χ2v) is 8.71. The van der Waals surface area contributed by atoms with Gasteiger partial charge in [0, 0.05) is 28.8 Å². The average Bonchev–Trinajstić information content (AvgIpc) is 2.90. The van der Waals surface area contributed by atoms with Gasteiger partial charge >= 0.3 is 0 Å². The van der Waals surface area contributed by atoms with Gasteiger partial charge < -0.3 is 5.32 Å². The van der Waals surface area contributed by atoms with Gasteiger partial charge in [0.2, 0.25) is 0 Å². The van der Waals surface area contributed by atoms with Crippen LogP contribution >= 0.6 is 11.3 Å². The van der Waals surface area contributed by atoms with Crippen LogP contribution in [0.15, 0.2) is 0 Å². The molecule has 0 bridgehead atoms. The molecule has 0 radical (unpaired) electrons. The van der Waals surface area contributed by atoms with Gasteiger partial charge in [0.1, 0.15) is 0 Å². The molecule has 0 spiro atoms. The zero-order chi connectivity index (χ0) is 15.5. The van der Waals surface area contributed by atoms with Crippen LogP contribution in [-0.4, -0.2) is 11.0 Å². The van der Waals surface area contributed by atoms with Crippen molar-refractivity contribution in [2.24, 2.45) is 0 Å². The number of aromatic nitrogens is 1. The van der Waals surface area contributed by atoms with Gasteiger partial charge in [-0.05, 0) is 26.2 Å². The van der Waals surface area contributed by atoms with E-state index in [1.54, 1.807) is 0 Å². The van der Waals surface area contributed by atoms with E-state index in [0.717, 1.165) is 12.5 Å². The topological polar surface area (TPSA) is 24.9 Å². The molecule has 1 fully saturated rings. The minimum absolute atomic E-state index is 0.149. The largest absolute Gasteiger partial charge is 0.309 e. The molecule has 0 aromatic carbocycles. The van der Waals surface area contributed by atoms with E-state index in [9.17, 15) is 0 Å². The van der Waals surface area contributed by atoms with Crippen LogP contribution in [0.25, 0.3) is 0 Å². The third-order valence-electron chi connectivity index (χ3n) is 4.60. The van der Waals surface area contributed by atoms with E-state index in [1.807, 2.05) is 11.3 Å². The quantitative estimate of drug-likeness (QED) is 0.790. The van der Waals surface area contributed by atoms with Gasteiger partial charge in [-0.3, -0.25) is 0 Å². The van der Waals surface area contributed by atoms with E-state index in [0.29, 0.717) is 6.04 Å².